The maximum absolute atomic E-state index is 14.1. The van der Waals surface area contributed by atoms with Gasteiger partial charge in [-0.3, -0.25) is 0 Å². The Kier molecular flexibility index (Phi) is 5.11. The van der Waals surface area contributed by atoms with E-state index in [-0.39, 0.29) is 0 Å². The monoisotopic (exact) mass is 354 g/mol. The van der Waals surface area contributed by atoms with Crippen LogP contribution in [0.2, 0.25) is 0 Å². The molecular weight excluding hydrogens is 326 g/mol. The Morgan fingerprint density at radius 3 is 2.46 bits per heavy atom. The normalized spacial score (nSPS) is 21.5. The summed E-state index contributed by atoms with van der Waals surface area (Å²) in [6.07, 6.45) is 11.2. The van der Waals surface area contributed by atoms with Crippen LogP contribution in [0.3, 0.4) is 0 Å². The van der Waals surface area contributed by atoms with E-state index in [2.05, 4.69) is 25.1 Å². The lowest BCUT2D eigenvalue weighted by atomic mass is 9.76. The van der Waals surface area contributed by atoms with Crippen LogP contribution < -0.4 is 0 Å². The number of hydrogen-bond donors (Lipinski definition) is 0. The van der Waals surface area contributed by atoms with Crippen molar-refractivity contribution in [2.45, 2.75) is 70.6 Å². The maximum atomic E-state index is 14.1. The molecule has 2 aromatic carbocycles. The second-order valence-electron chi connectivity index (χ2n) is 8.19. The quantitative estimate of drug-likeness (QED) is 0.419. The van der Waals surface area contributed by atoms with Crippen molar-refractivity contribution >= 4 is 0 Å². The third-order valence-electron chi connectivity index (χ3n) is 6.52. The molecule has 0 heterocycles. The lowest BCUT2D eigenvalue weighted by Gasteiger charge is -2.29. The average Bonchev–Trinajstić information content (AvgIpc) is 3.04. The Labute approximate surface area is 155 Å². The first-order valence-electron chi connectivity index (χ1n) is 10.3. The van der Waals surface area contributed by atoms with Crippen molar-refractivity contribution in [3.8, 4) is 11.1 Å². The SMILES string of the molecule is CCCCC[C@H]1CC[C@H](c2ccc3c(c2)Cc2c-3ccc(F)c2F)CC1. The highest BCUT2D eigenvalue weighted by Crippen LogP contribution is 2.42. The van der Waals surface area contributed by atoms with Gasteiger partial charge in [0.05, 0.1) is 0 Å². The molecule has 0 saturated heterocycles. The summed E-state index contributed by atoms with van der Waals surface area (Å²) in [4.78, 5) is 0. The molecule has 1 fully saturated rings. The molecule has 2 aliphatic carbocycles. The highest BCUT2D eigenvalue weighted by Gasteiger charge is 2.26. The molecule has 4 rings (SSSR count). The molecule has 0 spiro atoms. The van der Waals surface area contributed by atoms with Gasteiger partial charge < -0.3 is 0 Å². The molecule has 0 nitrogen and oxygen atoms in total. The van der Waals surface area contributed by atoms with Gasteiger partial charge in [0.1, 0.15) is 0 Å². The molecule has 26 heavy (non-hydrogen) atoms. The first-order valence-corrected chi connectivity index (χ1v) is 10.3. The molecule has 0 atom stereocenters. The molecule has 0 bridgehead atoms. The third kappa shape index (κ3) is 3.31. The summed E-state index contributed by atoms with van der Waals surface area (Å²) in [7, 11) is 0. The van der Waals surface area contributed by atoms with Crippen LogP contribution >= 0.6 is 0 Å². The minimum Gasteiger partial charge on any atom is -0.204 e. The van der Waals surface area contributed by atoms with Gasteiger partial charge in [-0.2, -0.15) is 0 Å². The van der Waals surface area contributed by atoms with E-state index in [0.29, 0.717) is 17.9 Å². The topological polar surface area (TPSA) is 0 Å². The summed E-state index contributed by atoms with van der Waals surface area (Å²) in [6, 6.07) is 9.57. The summed E-state index contributed by atoms with van der Waals surface area (Å²) in [5, 5.41) is 0. The zero-order valence-electron chi connectivity index (χ0n) is 15.7. The van der Waals surface area contributed by atoms with E-state index >= 15 is 0 Å². The Morgan fingerprint density at radius 1 is 0.923 bits per heavy atom. The maximum Gasteiger partial charge on any atom is 0.162 e. The minimum absolute atomic E-state index is 0.522. The van der Waals surface area contributed by atoms with E-state index < -0.39 is 11.6 Å². The number of unbranched alkanes of at least 4 members (excludes halogenated alkanes) is 2. The highest BCUT2D eigenvalue weighted by atomic mass is 19.2. The van der Waals surface area contributed by atoms with Gasteiger partial charge in [-0.05, 0) is 65.8 Å². The van der Waals surface area contributed by atoms with Crippen LogP contribution in [0.5, 0.6) is 0 Å². The van der Waals surface area contributed by atoms with Crippen molar-refractivity contribution in [2.24, 2.45) is 5.92 Å². The number of rotatable bonds is 5. The van der Waals surface area contributed by atoms with Crippen LogP contribution in [0.25, 0.3) is 11.1 Å². The van der Waals surface area contributed by atoms with Crippen LogP contribution in [-0.4, -0.2) is 0 Å². The molecule has 0 amide bonds. The number of hydrogen-bond acceptors (Lipinski definition) is 0. The summed E-state index contributed by atoms with van der Waals surface area (Å²) < 4.78 is 27.7. The second kappa shape index (κ2) is 7.50. The van der Waals surface area contributed by atoms with Gasteiger partial charge in [-0.15, -0.1) is 0 Å². The highest BCUT2D eigenvalue weighted by molar-refractivity contribution is 5.77. The van der Waals surface area contributed by atoms with Crippen LogP contribution in [-0.2, 0) is 6.42 Å². The fourth-order valence-electron chi connectivity index (χ4n) is 4.95. The number of halogens is 2. The molecule has 0 aromatic heterocycles. The predicted octanol–water partition coefficient (Wildman–Crippen LogP) is 7.39. The standard InChI is InChI=1S/C24H28F2/c1-2-3-4-5-16-6-8-17(9-7-16)18-10-11-20-19(14-18)15-22-21(20)12-13-23(25)24(22)26/h10-14,16-17H,2-9,15H2,1H3/t16-,17-. The summed E-state index contributed by atoms with van der Waals surface area (Å²) >= 11 is 0. The summed E-state index contributed by atoms with van der Waals surface area (Å²) in [6.45, 7) is 2.27. The number of benzene rings is 2. The van der Waals surface area contributed by atoms with E-state index in [1.54, 1.807) is 6.07 Å². The average molecular weight is 354 g/mol. The summed E-state index contributed by atoms with van der Waals surface area (Å²) in [5.41, 5.74) is 5.02. The third-order valence-corrected chi connectivity index (χ3v) is 6.52. The smallest absolute Gasteiger partial charge is 0.162 e. The molecule has 0 radical (unpaired) electrons. The molecule has 1 saturated carbocycles. The van der Waals surface area contributed by atoms with Gasteiger partial charge in [0.15, 0.2) is 11.6 Å². The van der Waals surface area contributed by atoms with Crippen molar-refractivity contribution in [2.75, 3.05) is 0 Å². The molecule has 2 heteroatoms. The predicted molar refractivity (Wildman–Crippen MR) is 103 cm³/mol. The van der Waals surface area contributed by atoms with Crippen LogP contribution in [0, 0.1) is 17.6 Å². The zero-order valence-corrected chi connectivity index (χ0v) is 15.7. The number of fused-ring (bicyclic) bond motifs is 3. The van der Waals surface area contributed by atoms with E-state index in [1.807, 2.05) is 0 Å². The molecule has 138 valence electrons. The molecular formula is C24H28F2. The fraction of sp³-hybridized carbons (Fsp3) is 0.500. The van der Waals surface area contributed by atoms with Gasteiger partial charge in [0, 0.05) is 12.0 Å². The van der Waals surface area contributed by atoms with Crippen LogP contribution in [0.15, 0.2) is 30.3 Å². The van der Waals surface area contributed by atoms with Crippen LogP contribution in [0.1, 0.15) is 80.9 Å². The lowest BCUT2D eigenvalue weighted by molar-refractivity contribution is 0.303. The van der Waals surface area contributed by atoms with E-state index in [9.17, 15) is 8.78 Å². The van der Waals surface area contributed by atoms with Gasteiger partial charge in [-0.25, -0.2) is 8.78 Å². The van der Waals surface area contributed by atoms with Crippen LogP contribution in [0.4, 0.5) is 8.78 Å². The molecule has 0 aliphatic heterocycles. The molecule has 0 unspecified atom stereocenters. The first-order chi connectivity index (χ1) is 12.7. The van der Waals surface area contributed by atoms with Gasteiger partial charge in [-0.1, -0.05) is 56.9 Å². The first kappa shape index (κ1) is 17.7. The van der Waals surface area contributed by atoms with Gasteiger partial charge >= 0.3 is 0 Å². The molecule has 2 aliphatic rings. The van der Waals surface area contributed by atoms with Crippen molar-refractivity contribution in [1.82, 2.24) is 0 Å². The van der Waals surface area contributed by atoms with Gasteiger partial charge in [0.2, 0.25) is 0 Å². The van der Waals surface area contributed by atoms with E-state index in [0.717, 1.165) is 22.6 Å². The zero-order chi connectivity index (χ0) is 18.1. The largest absolute Gasteiger partial charge is 0.204 e. The summed E-state index contributed by atoms with van der Waals surface area (Å²) in [5.74, 6) is 0.132. The van der Waals surface area contributed by atoms with Crippen molar-refractivity contribution < 1.29 is 8.78 Å². The molecule has 2 aromatic rings. The molecule has 0 N–H and O–H groups in total. The van der Waals surface area contributed by atoms with E-state index in [1.165, 1.54) is 63.0 Å². The van der Waals surface area contributed by atoms with Crippen molar-refractivity contribution in [3.63, 3.8) is 0 Å². The Morgan fingerprint density at radius 2 is 1.69 bits per heavy atom. The van der Waals surface area contributed by atoms with E-state index in [4.69, 9.17) is 0 Å². The lowest BCUT2D eigenvalue weighted by Crippen LogP contribution is -2.13. The van der Waals surface area contributed by atoms with Crippen molar-refractivity contribution in [3.05, 3.63) is 58.7 Å². The Bertz CT molecular complexity index is 785. The van der Waals surface area contributed by atoms with Gasteiger partial charge in [0.25, 0.3) is 0 Å². The van der Waals surface area contributed by atoms with Crippen molar-refractivity contribution in [1.29, 1.82) is 0 Å². The fourth-order valence-corrected chi connectivity index (χ4v) is 4.95. The minimum atomic E-state index is -0.738. The Balaban J connectivity index is 1.45. The second-order valence-corrected chi connectivity index (χ2v) is 8.19. The Hall–Kier alpha value is -1.70.